The van der Waals surface area contributed by atoms with E-state index in [0.29, 0.717) is 16.9 Å². The summed E-state index contributed by atoms with van der Waals surface area (Å²) in [7, 11) is 1.73. The lowest BCUT2D eigenvalue weighted by atomic mass is 9.91. The average molecular weight is 298 g/mol. The monoisotopic (exact) mass is 298 g/mol. The van der Waals surface area contributed by atoms with Crippen LogP contribution in [0.4, 0.5) is 0 Å². The molecule has 0 spiro atoms. The molecule has 1 rings (SSSR count). The van der Waals surface area contributed by atoms with Crippen LogP contribution in [0.2, 0.25) is 0 Å². The van der Waals surface area contributed by atoms with Gasteiger partial charge in [-0.3, -0.25) is 0 Å². The first-order valence-corrected chi connectivity index (χ1v) is 8.48. The molecule has 2 atom stereocenters. The standard InChI is InChI=1S/C15H26N2O2S/c1-6-7-15(16-3)12(2)13-8-10-14(11-9-13)20(18,19)17(4)5/h8-12,15-16H,6-7H2,1-5H3. The highest BCUT2D eigenvalue weighted by Gasteiger charge is 2.19. The Morgan fingerprint density at radius 1 is 1.20 bits per heavy atom. The minimum atomic E-state index is -3.34. The maximum Gasteiger partial charge on any atom is 0.242 e. The summed E-state index contributed by atoms with van der Waals surface area (Å²) in [5.74, 6) is 0.357. The third-order valence-corrected chi connectivity index (χ3v) is 5.59. The molecule has 114 valence electrons. The summed E-state index contributed by atoms with van der Waals surface area (Å²) in [5, 5.41) is 3.34. The van der Waals surface area contributed by atoms with E-state index in [1.807, 2.05) is 19.2 Å². The Morgan fingerprint density at radius 3 is 2.15 bits per heavy atom. The fourth-order valence-electron chi connectivity index (χ4n) is 2.34. The summed E-state index contributed by atoms with van der Waals surface area (Å²) >= 11 is 0. The maximum absolute atomic E-state index is 12.0. The fraction of sp³-hybridized carbons (Fsp3) is 0.600. The molecule has 0 fully saturated rings. The third kappa shape index (κ3) is 3.81. The summed E-state index contributed by atoms with van der Waals surface area (Å²) in [6.07, 6.45) is 2.23. The molecule has 2 unspecified atom stereocenters. The molecular weight excluding hydrogens is 272 g/mol. The van der Waals surface area contributed by atoms with Crippen LogP contribution in [-0.4, -0.2) is 39.9 Å². The van der Waals surface area contributed by atoms with Gasteiger partial charge in [-0.15, -0.1) is 0 Å². The molecular formula is C15H26N2O2S. The van der Waals surface area contributed by atoms with Crippen molar-refractivity contribution in [3.8, 4) is 0 Å². The molecule has 0 radical (unpaired) electrons. The first kappa shape index (κ1) is 17.1. The van der Waals surface area contributed by atoms with Crippen LogP contribution in [0.15, 0.2) is 29.2 Å². The normalized spacial score (nSPS) is 15.3. The molecule has 1 aromatic rings. The van der Waals surface area contributed by atoms with Crippen molar-refractivity contribution in [2.45, 2.75) is 43.5 Å². The Balaban J connectivity index is 2.97. The number of nitrogens with one attached hydrogen (secondary N) is 1. The topological polar surface area (TPSA) is 49.4 Å². The van der Waals surface area contributed by atoms with E-state index in [2.05, 4.69) is 19.2 Å². The average Bonchev–Trinajstić information content (AvgIpc) is 2.44. The number of nitrogens with zero attached hydrogens (tertiary/aromatic N) is 1. The molecule has 1 aromatic carbocycles. The summed E-state index contributed by atoms with van der Waals surface area (Å²) in [6.45, 7) is 4.34. The number of hydrogen-bond donors (Lipinski definition) is 1. The Kier molecular flexibility index (Phi) is 6.17. The summed E-state index contributed by atoms with van der Waals surface area (Å²) in [6, 6.07) is 7.64. The predicted octanol–water partition coefficient (Wildman–Crippen LogP) is 2.43. The molecule has 0 saturated heterocycles. The van der Waals surface area contributed by atoms with Crippen LogP contribution in [0.5, 0.6) is 0 Å². The second kappa shape index (κ2) is 7.20. The van der Waals surface area contributed by atoms with Crippen molar-refractivity contribution in [2.24, 2.45) is 0 Å². The van der Waals surface area contributed by atoms with E-state index in [0.717, 1.165) is 18.4 Å². The highest BCUT2D eigenvalue weighted by Crippen LogP contribution is 2.24. The molecule has 0 aliphatic heterocycles. The lowest BCUT2D eigenvalue weighted by Crippen LogP contribution is -2.30. The van der Waals surface area contributed by atoms with Crippen LogP contribution >= 0.6 is 0 Å². The van der Waals surface area contributed by atoms with Crippen molar-refractivity contribution in [1.82, 2.24) is 9.62 Å². The second-order valence-electron chi connectivity index (χ2n) is 5.33. The molecule has 0 saturated carbocycles. The molecule has 0 heterocycles. The fourth-order valence-corrected chi connectivity index (χ4v) is 3.24. The molecule has 20 heavy (non-hydrogen) atoms. The van der Waals surface area contributed by atoms with E-state index >= 15 is 0 Å². The Bertz CT molecular complexity index is 509. The molecule has 0 amide bonds. The van der Waals surface area contributed by atoms with Gasteiger partial charge in [0.2, 0.25) is 10.0 Å². The highest BCUT2D eigenvalue weighted by molar-refractivity contribution is 7.89. The maximum atomic E-state index is 12.0. The summed E-state index contributed by atoms with van der Waals surface area (Å²) in [5.41, 5.74) is 1.16. The number of likely N-dealkylation sites (N-methyl/N-ethyl adjacent to an activating group) is 1. The molecule has 0 aliphatic rings. The first-order valence-electron chi connectivity index (χ1n) is 7.04. The van der Waals surface area contributed by atoms with Crippen LogP contribution in [0.1, 0.15) is 38.2 Å². The third-order valence-electron chi connectivity index (χ3n) is 3.76. The van der Waals surface area contributed by atoms with Crippen molar-refractivity contribution in [3.63, 3.8) is 0 Å². The van der Waals surface area contributed by atoms with Gasteiger partial charge >= 0.3 is 0 Å². The van der Waals surface area contributed by atoms with Crippen LogP contribution < -0.4 is 5.32 Å². The Labute approximate surface area is 123 Å². The van der Waals surface area contributed by atoms with Gasteiger partial charge in [-0.1, -0.05) is 32.4 Å². The minimum absolute atomic E-state index is 0.343. The number of hydrogen-bond acceptors (Lipinski definition) is 3. The molecule has 5 heteroatoms. The minimum Gasteiger partial charge on any atom is -0.316 e. The highest BCUT2D eigenvalue weighted by atomic mass is 32.2. The van der Waals surface area contributed by atoms with Crippen molar-refractivity contribution >= 4 is 10.0 Å². The van der Waals surface area contributed by atoms with Gasteiger partial charge in [-0.2, -0.15) is 0 Å². The van der Waals surface area contributed by atoms with E-state index in [1.165, 1.54) is 4.31 Å². The van der Waals surface area contributed by atoms with E-state index in [4.69, 9.17) is 0 Å². The van der Waals surface area contributed by atoms with Gasteiger partial charge in [0.25, 0.3) is 0 Å². The van der Waals surface area contributed by atoms with Gasteiger partial charge in [0.15, 0.2) is 0 Å². The first-order chi connectivity index (χ1) is 9.34. The van der Waals surface area contributed by atoms with Gasteiger partial charge < -0.3 is 5.32 Å². The molecule has 0 aromatic heterocycles. The lowest BCUT2D eigenvalue weighted by molar-refractivity contribution is 0.451. The molecule has 0 aliphatic carbocycles. The number of benzene rings is 1. The smallest absolute Gasteiger partial charge is 0.242 e. The van der Waals surface area contributed by atoms with E-state index < -0.39 is 10.0 Å². The van der Waals surface area contributed by atoms with Crippen molar-refractivity contribution < 1.29 is 8.42 Å². The Morgan fingerprint density at radius 2 is 1.75 bits per heavy atom. The largest absolute Gasteiger partial charge is 0.316 e. The number of sulfonamides is 1. The summed E-state index contributed by atoms with van der Waals surface area (Å²) < 4.78 is 25.3. The zero-order chi connectivity index (χ0) is 15.3. The molecule has 1 N–H and O–H groups in total. The zero-order valence-corrected chi connectivity index (χ0v) is 13.9. The van der Waals surface area contributed by atoms with Gasteiger partial charge in [0, 0.05) is 20.1 Å². The van der Waals surface area contributed by atoms with E-state index in [-0.39, 0.29) is 0 Å². The van der Waals surface area contributed by atoms with Gasteiger partial charge in [0.05, 0.1) is 4.90 Å². The van der Waals surface area contributed by atoms with Crippen LogP contribution in [0, 0.1) is 0 Å². The van der Waals surface area contributed by atoms with Gasteiger partial charge in [-0.05, 0) is 37.1 Å². The van der Waals surface area contributed by atoms with Crippen molar-refractivity contribution in [3.05, 3.63) is 29.8 Å². The molecule has 4 nitrogen and oxygen atoms in total. The van der Waals surface area contributed by atoms with Crippen LogP contribution in [0.3, 0.4) is 0 Å². The van der Waals surface area contributed by atoms with E-state index in [1.54, 1.807) is 26.2 Å². The summed E-state index contributed by atoms with van der Waals surface area (Å²) in [4.78, 5) is 0.343. The molecule has 0 bridgehead atoms. The van der Waals surface area contributed by atoms with Gasteiger partial charge in [0.1, 0.15) is 0 Å². The van der Waals surface area contributed by atoms with Gasteiger partial charge in [-0.25, -0.2) is 12.7 Å². The Hall–Kier alpha value is -0.910. The quantitative estimate of drug-likeness (QED) is 0.841. The number of rotatable bonds is 7. The predicted molar refractivity (Wildman–Crippen MR) is 83.5 cm³/mol. The van der Waals surface area contributed by atoms with Crippen LogP contribution in [0.25, 0.3) is 0 Å². The van der Waals surface area contributed by atoms with Crippen molar-refractivity contribution in [2.75, 3.05) is 21.1 Å². The van der Waals surface area contributed by atoms with E-state index in [9.17, 15) is 8.42 Å². The zero-order valence-electron chi connectivity index (χ0n) is 13.1. The second-order valence-corrected chi connectivity index (χ2v) is 7.48. The van der Waals surface area contributed by atoms with Crippen molar-refractivity contribution in [1.29, 1.82) is 0 Å². The van der Waals surface area contributed by atoms with Crippen LogP contribution in [-0.2, 0) is 10.0 Å². The SMILES string of the molecule is CCCC(NC)C(C)c1ccc(S(=O)(=O)N(C)C)cc1. The lowest BCUT2D eigenvalue weighted by Gasteiger charge is -2.24.